The van der Waals surface area contributed by atoms with Crippen molar-refractivity contribution in [3.63, 3.8) is 0 Å². The van der Waals surface area contributed by atoms with Gasteiger partial charge in [0, 0.05) is 41.9 Å². The average Bonchev–Trinajstić information content (AvgIpc) is 3.32. The van der Waals surface area contributed by atoms with E-state index in [0.29, 0.717) is 15.6 Å². The average molecular weight is 647 g/mol. The molecule has 2 heterocycles. The van der Waals surface area contributed by atoms with Crippen LogP contribution in [0.4, 0.5) is 0 Å². The highest BCUT2D eigenvalue weighted by molar-refractivity contribution is 9.10. The van der Waals surface area contributed by atoms with Crippen molar-refractivity contribution >= 4 is 51.5 Å². The Balaban J connectivity index is 1.56. The van der Waals surface area contributed by atoms with E-state index < -0.39 is 65.2 Å². The molecule has 4 aliphatic rings. The fourth-order valence-corrected chi connectivity index (χ4v) is 7.73. The zero-order valence-corrected chi connectivity index (χ0v) is 24.4. The number of carbonyl (C=O) groups is 6. The molecule has 0 radical (unpaired) electrons. The second kappa shape index (κ2) is 11.5. The molecular weight excluding hydrogens is 616 g/mol. The van der Waals surface area contributed by atoms with Crippen LogP contribution in [0.3, 0.4) is 0 Å². The summed E-state index contributed by atoms with van der Waals surface area (Å²) in [5.41, 5.74) is 1.03. The van der Waals surface area contributed by atoms with E-state index in [2.05, 4.69) is 15.9 Å². The first kappa shape index (κ1) is 29.7. The minimum absolute atomic E-state index is 0.0209. The number of nitrogens with zero attached hydrogens (tertiary/aromatic N) is 2. The molecule has 13 heteroatoms. The van der Waals surface area contributed by atoms with Crippen molar-refractivity contribution in [1.82, 2.24) is 9.80 Å². The number of fused-ring (bicyclic) bond motifs is 4. The Hall–Kier alpha value is -3.74. The molecule has 12 nitrogen and oxygen atoms in total. The van der Waals surface area contributed by atoms with Gasteiger partial charge in [-0.3, -0.25) is 38.6 Å². The molecule has 0 aromatic heterocycles. The molecule has 42 heavy (non-hydrogen) atoms. The fourth-order valence-electron chi connectivity index (χ4n) is 7.27. The number of carboxylic acid groups (broad SMARTS) is 2. The molecule has 224 valence electrons. The zero-order chi connectivity index (χ0) is 30.5. The molecular formula is C29H31BrN2O10. The van der Waals surface area contributed by atoms with E-state index in [1.807, 2.05) is 6.08 Å². The van der Waals surface area contributed by atoms with Crippen molar-refractivity contribution in [3.05, 3.63) is 33.8 Å². The molecule has 3 fully saturated rings. The number of hydrogen-bond donors (Lipinski definition) is 3. The smallest absolute Gasteiger partial charge is 0.303 e. The predicted octanol–water partition coefficient (Wildman–Crippen LogP) is 2.53. The van der Waals surface area contributed by atoms with Crippen molar-refractivity contribution in [2.45, 2.75) is 44.4 Å². The molecule has 1 aromatic carbocycles. The number of hydrogen-bond acceptors (Lipinski definition) is 8. The Morgan fingerprint density at radius 3 is 2.02 bits per heavy atom. The number of methoxy groups -OCH3 is 1. The Bertz CT molecular complexity index is 1410. The molecule has 2 aliphatic carbocycles. The van der Waals surface area contributed by atoms with Gasteiger partial charge in [0.15, 0.2) is 11.5 Å². The van der Waals surface area contributed by atoms with Crippen LogP contribution < -0.4 is 4.74 Å². The summed E-state index contributed by atoms with van der Waals surface area (Å²) in [6.07, 6.45) is 2.00. The van der Waals surface area contributed by atoms with Crippen molar-refractivity contribution in [2.24, 2.45) is 29.6 Å². The lowest BCUT2D eigenvalue weighted by molar-refractivity contribution is -0.143. The molecule has 3 N–H and O–H groups in total. The molecule has 0 bridgehead atoms. The normalized spacial score (nSPS) is 28.4. The number of phenolic OH excluding ortho intramolecular Hbond substituents is 1. The molecule has 6 atom stereocenters. The first-order valence-electron chi connectivity index (χ1n) is 13.9. The maximum absolute atomic E-state index is 13.8. The summed E-state index contributed by atoms with van der Waals surface area (Å²) in [7, 11) is 1.39. The third-order valence-corrected chi connectivity index (χ3v) is 9.46. The summed E-state index contributed by atoms with van der Waals surface area (Å²) in [6.45, 7) is -0.0884. The van der Waals surface area contributed by atoms with Crippen LogP contribution in [0.5, 0.6) is 11.5 Å². The standard InChI is InChI=1S/C29H31BrN2O10/c1-42-19-11-13(30)10-17(25(19)37)22-14-6-7-15-23(28(40)31(26(15)38)8-2-4-20(33)34)16(14)12-18-24(22)29(41)32(27(18)39)9-3-5-21(35)36/h6,10-11,15-16,18,22-24,37H,2-5,7-9,12H2,1H3,(H,33,34)(H,35,36)/t15-,16+,18+,22+,23-,24+/m0/s1. The van der Waals surface area contributed by atoms with Gasteiger partial charge in [0.1, 0.15) is 0 Å². The molecule has 2 saturated heterocycles. The van der Waals surface area contributed by atoms with Gasteiger partial charge in [-0.25, -0.2) is 0 Å². The van der Waals surface area contributed by atoms with E-state index in [9.17, 15) is 33.9 Å². The molecule has 1 saturated carbocycles. The Morgan fingerprint density at radius 1 is 0.881 bits per heavy atom. The van der Waals surface area contributed by atoms with Crippen molar-refractivity contribution in [1.29, 1.82) is 0 Å². The van der Waals surface area contributed by atoms with Crippen LogP contribution in [-0.2, 0) is 28.8 Å². The number of carboxylic acids is 2. The fraction of sp³-hybridized carbons (Fsp3) is 0.517. The Kier molecular flexibility index (Phi) is 8.15. The van der Waals surface area contributed by atoms with E-state index in [1.165, 1.54) is 7.11 Å². The summed E-state index contributed by atoms with van der Waals surface area (Å²) >= 11 is 3.43. The van der Waals surface area contributed by atoms with Crippen LogP contribution in [0.15, 0.2) is 28.3 Å². The lowest BCUT2D eigenvalue weighted by atomic mass is 9.57. The van der Waals surface area contributed by atoms with E-state index in [1.54, 1.807) is 12.1 Å². The van der Waals surface area contributed by atoms with Crippen LogP contribution in [0.2, 0.25) is 0 Å². The highest BCUT2D eigenvalue weighted by Crippen LogP contribution is 2.59. The Morgan fingerprint density at radius 2 is 1.45 bits per heavy atom. The van der Waals surface area contributed by atoms with Crippen LogP contribution in [0.25, 0.3) is 0 Å². The third-order valence-electron chi connectivity index (χ3n) is 9.00. The molecule has 1 aromatic rings. The van der Waals surface area contributed by atoms with Gasteiger partial charge in [0.05, 0.1) is 30.8 Å². The van der Waals surface area contributed by atoms with Gasteiger partial charge >= 0.3 is 11.9 Å². The Labute approximate surface area is 249 Å². The van der Waals surface area contributed by atoms with Gasteiger partial charge in [-0.15, -0.1) is 0 Å². The molecule has 0 spiro atoms. The number of amides is 4. The quantitative estimate of drug-likeness (QED) is 0.253. The number of ether oxygens (including phenoxy) is 1. The molecule has 5 rings (SSSR count). The third kappa shape index (κ3) is 4.97. The van der Waals surface area contributed by atoms with Gasteiger partial charge in [0.2, 0.25) is 23.6 Å². The van der Waals surface area contributed by atoms with E-state index in [4.69, 9.17) is 14.9 Å². The lowest BCUT2D eigenvalue weighted by Gasteiger charge is -2.44. The van der Waals surface area contributed by atoms with Gasteiger partial charge in [-0.1, -0.05) is 27.6 Å². The van der Waals surface area contributed by atoms with Crippen LogP contribution >= 0.6 is 15.9 Å². The van der Waals surface area contributed by atoms with Crippen LogP contribution in [0.1, 0.15) is 50.0 Å². The minimum Gasteiger partial charge on any atom is -0.504 e. The van der Waals surface area contributed by atoms with E-state index in [0.717, 1.165) is 9.80 Å². The summed E-state index contributed by atoms with van der Waals surface area (Å²) in [6, 6.07) is 3.22. The SMILES string of the molecule is COc1cc(Br)cc([C@H]2C3=CC[C@@H]4C(=O)N(CCCC(=O)O)C(=O)[C@@H]4[C@@H]3C[C@H]3C(=O)N(CCCC(=O)O)C(=O)[C@@H]23)c1O. The summed E-state index contributed by atoms with van der Waals surface area (Å²) in [5.74, 6) is -8.43. The molecule has 2 aliphatic heterocycles. The summed E-state index contributed by atoms with van der Waals surface area (Å²) < 4.78 is 5.92. The summed E-state index contributed by atoms with van der Waals surface area (Å²) in [4.78, 5) is 78.8. The monoisotopic (exact) mass is 646 g/mol. The molecule has 0 unspecified atom stereocenters. The van der Waals surface area contributed by atoms with Gasteiger partial charge in [0.25, 0.3) is 0 Å². The lowest BCUT2D eigenvalue weighted by Crippen LogP contribution is -2.43. The number of aliphatic carboxylic acids is 2. The number of halogens is 1. The zero-order valence-electron chi connectivity index (χ0n) is 22.8. The summed E-state index contributed by atoms with van der Waals surface area (Å²) in [5, 5.41) is 29.3. The number of rotatable bonds is 10. The number of aromatic hydroxyl groups is 1. The van der Waals surface area contributed by atoms with E-state index in [-0.39, 0.29) is 69.0 Å². The van der Waals surface area contributed by atoms with Crippen LogP contribution in [0, 0.1) is 29.6 Å². The second-order valence-electron chi connectivity index (χ2n) is 11.2. The van der Waals surface area contributed by atoms with Crippen molar-refractivity contribution in [2.75, 3.05) is 20.2 Å². The number of phenols is 1. The first-order valence-corrected chi connectivity index (χ1v) is 14.7. The van der Waals surface area contributed by atoms with Gasteiger partial charge in [-0.05, 0) is 43.7 Å². The number of benzene rings is 1. The van der Waals surface area contributed by atoms with E-state index >= 15 is 0 Å². The number of allylic oxidation sites excluding steroid dienone is 2. The molecule has 4 amide bonds. The number of imide groups is 2. The predicted molar refractivity (Wildman–Crippen MR) is 147 cm³/mol. The highest BCUT2D eigenvalue weighted by atomic mass is 79.9. The largest absolute Gasteiger partial charge is 0.504 e. The highest BCUT2D eigenvalue weighted by Gasteiger charge is 2.62. The maximum atomic E-state index is 13.8. The second-order valence-corrected chi connectivity index (χ2v) is 12.1. The minimum atomic E-state index is -1.05. The topological polar surface area (TPSA) is 179 Å². The maximum Gasteiger partial charge on any atom is 0.303 e. The van der Waals surface area contributed by atoms with Crippen molar-refractivity contribution < 1.29 is 48.8 Å². The number of likely N-dealkylation sites (tertiary alicyclic amines) is 2. The van der Waals surface area contributed by atoms with Crippen molar-refractivity contribution in [3.8, 4) is 11.5 Å². The van der Waals surface area contributed by atoms with Crippen LogP contribution in [-0.4, -0.2) is 80.9 Å². The first-order chi connectivity index (χ1) is 20.0. The van der Waals surface area contributed by atoms with Gasteiger partial charge < -0.3 is 20.1 Å². The number of carbonyl (C=O) groups excluding carboxylic acids is 4. The van der Waals surface area contributed by atoms with Gasteiger partial charge in [-0.2, -0.15) is 0 Å².